The normalized spacial score (nSPS) is 24.6. The Morgan fingerprint density at radius 1 is 1.16 bits per heavy atom. The second-order valence-corrected chi connectivity index (χ2v) is 8.26. The van der Waals surface area contributed by atoms with Crippen LogP contribution in [0.5, 0.6) is 5.75 Å². The summed E-state index contributed by atoms with van der Waals surface area (Å²) in [6.45, 7) is 10.5. The summed E-state index contributed by atoms with van der Waals surface area (Å²) in [5.41, 5.74) is 0.923. The van der Waals surface area contributed by atoms with Gasteiger partial charge in [-0.15, -0.1) is 0 Å². The molecule has 1 unspecified atom stereocenters. The summed E-state index contributed by atoms with van der Waals surface area (Å²) in [6, 6.07) is 8.30. The number of fused-ring (bicyclic) bond motifs is 4. The number of nitrogens with one attached hydrogen (secondary N) is 1. The first-order valence-electron chi connectivity index (χ1n) is 9.32. The van der Waals surface area contributed by atoms with Crippen molar-refractivity contribution in [2.45, 2.75) is 45.7 Å². The Morgan fingerprint density at radius 3 is 2.48 bits per heavy atom. The molecule has 3 heterocycles. The number of piperidine rings is 1. The van der Waals surface area contributed by atoms with Crippen LogP contribution in [0.4, 0.5) is 4.79 Å². The van der Waals surface area contributed by atoms with Gasteiger partial charge in [-0.3, -0.25) is 0 Å². The van der Waals surface area contributed by atoms with Gasteiger partial charge in [0, 0.05) is 37.8 Å². The molecule has 5 nitrogen and oxygen atoms in total. The molecule has 3 aliphatic rings. The Bertz CT molecular complexity index is 603. The third-order valence-electron chi connectivity index (χ3n) is 5.50. The Kier molecular flexibility index (Phi) is 5.23. The van der Waals surface area contributed by atoms with Crippen LogP contribution in [-0.2, 0) is 0 Å². The van der Waals surface area contributed by atoms with Crippen molar-refractivity contribution in [2.24, 2.45) is 5.41 Å². The van der Waals surface area contributed by atoms with Crippen molar-refractivity contribution in [2.75, 3.05) is 33.3 Å². The molecule has 1 aromatic rings. The van der Waals surface area contributed by atoms with Crippen molar-refractivity contribution >= 4 is 6.03 Å². The highest BCUT2D eigenvalue weighted by Gasteiger charge is 2.35. The monoisotopic (exact) mass is 345 g/mol. The van der Waals surface area contributed by atoms with Gasteiger partial charge in [0.05, 0.1) is 13.2 Å². The van der Waals surface area contributed by atoms with Gasteiger partial charge in [0.1, 0.15) is 5.75 Å². The highest BCUT2D eigenvalue weighted by molar-refractivity contribution is 5.75. The molecule has 3 aliphatic heterocycles. The van der Waals surface area contributed by atoms with E-state index in [0.717, 1.165) is 50.3 Å². The van der Waals surface area contributed by atoms with Crippen LogP contribution in [0.2, 0.25) is 0 Å². The number of hydrogen-bond acceptors (Lipinski definition) is 3. The van der Waals surface area contributed by atoms with Crippen LogP contribution in [0, 0.1) is 5.41 Å². The average Bonchev–Trinajstić information content (AvgIpc) is 2.92. The van der Waals surface area contributed by atoms with Crippen molar-refractivity contribution in [1.82, 2.24) is 15.1 Å². The zero-order chi connectivity index (χ0) is 18.0. The molecule has 5 heteroatoms. The van der Waals surface area contributed by atoms with Crippen LogP contribution in [0.15, 0.2) is 24.3 Å². The fourth-order valence-electron chi connectivity index (χ4n) is 4.03. The topological polar surface area (TPSA) is 44.8 Å². The summed E-state index contributed by atoms with van der Waals surface area (Å²) in [6.07, 6.45) is 2.17. The van der Waals surface area contributed by atoms with Crippen molar-refractivity contribution in [1.29, 1.82) is 0 Å². The maximum Gasteiger partial charge on any atom is 0.318 e. The zero-order valence-electron chi connectivity index (χ0n) is 15.9. The quantitative estimate of drug-likeness (QED) is 0.914. The number of urea groups is 1. The summed E-state index contributed by atoms with van der Waals surface area (Å²) in [5, 5.41) is 3.32. The minimum atomic E-state index is -0.113. The lowest BCUT2D eigenvalue weighted by atomic mass is 9.82. The van der Waals surface area contributed by atoms with E-state index < -0.39 is 0 Å². The van der Waals surface area contributed by atoms with Gasteiger partial charge in [-0.25, -0.2) is 4.79 Å². The molecule has 138 valence electrons. The molecule has 25 heavy (non-hydrogen) atoms. The van der Waals surface area contributed by atoms with Crippen LogP contribution >= 0.6 is 0 Å². The van der Waals surface area contributed by atoms with Gasteiger partial charge < -0.3 is 19.9 Å². The van der Waals surface area contributed by atoms with Crippen LogP contribution < -0.4 is 10.1 Å². The molecule has 1 atom stereocenters. The molecule has 1 aromatic carbocycles. The first-order valence-corrected chi connectivity index (χ1v) is 9.32. The Labute approximate surface area is 151 Å². The van der Waals surface area contributed by atoms with Crippen LogP contribution in [0.3, 0.4) is 0 Å². The first-order chi connectivity index (χ1) is 11.9. The maximum absolute atomic E-state index is 13.1. The average molecular weight is 345 g/mol. The van der Waals surface area contributed by atoms with Gasteiger partial charge in [-0.1, -0.05) is 39.0 Å². The predicted octanol–water partition coefficient (Wildman–Crippen LogP) is 3.27. The van der Waals surface area contributed by atoms with Crippen LogP contribution in [-0.4, -0.2) is 55.2 Å². The van der Waals surface area contributed by atoms with E-state index in [1.165, 1.54) is 0 Å². The van der Waals surface area contributed by atoms with Crippen molar-refractivity contribution in [3.63, 3.8) is 0 Å². The zero-order valence-corrected chi connectivity index (χ0v) is 15.9. The Hall–Kier alpha value is -1.75. The highest BCUT2D eigenvalue weighted by Crippen LogP contribution is 2.37. The Morgan fingerprint density at radius 2 is 1.84 bits per heavy atom. The molecule has 3 fully saturated rings. The van der Waals surface area contributed by atoms with Crippen molar-refractivity contribution < 1.29 is 9.53 Å². The minimum Gasteiger partial charge on any atom is -0.496 e. The lowest BCUT2D eigenvalue weighted by molar-refractivity contribution is 0.156. The van der Waals surface area contributed by atoms with Gasteiger partial charge in [0.15, 0.2) is 0 Å². The standard InChI is InChI=1S/C20H31N3O2/c1-20(2,3)18(16-7-5-6-8-17(16)25-4)21-19(24)23-14-13-22-11-9-15(23)10-12-22/h5-8,15,18H,9-14H2,1-4H3,(H,21,24). The molecule has 4 rings (SSSR count). The van der Waals surface area contributed by atoms with E-state index >= 15 is 0 Å². The van der Waals surface area contributed by atoms with Gasteiger partial charge in [-0.2, -0.15) is 0 Å². The van der Waals surface area contributed by atoms with Gasteiger partial charge in [-0.05, 0) is 24.3 Å². The van der Waals surface area contributed by atoms with Gasteiger partial charge in [0.25, 0.3) is 0 Å². The molecule has 0 aromatic heterocycles. The number of methoxy groups -OCH3 is 1. The van der Waals surface area contributed by atoms with E-state index in [1.54, 1.807) is 7.11 Å². The number of hydrogen-bond donors (Lipinski definition) is 1. The second-order valence-electron chi connectivity index (χ2n) is 8.26. The Balaban J connectivity index is 1.82. The molecular formula is C20H31N3O2. The maximum atomic E-state index is 13.1. The molecule has 1 N–H and O–H groups in total. The number of carbonyl (C=O) groups is 1. The van der Waals surface area contributed by atoms with E-state index in [9.17, 15) is 4.79 Å². The molecule has 0 aliphatic carbocycles. The molecule has 2 amide bonds. The molecule has 2 bridgehead atoms. The van der Waals surface area contributed by atoms with E-state index in [4.69, 9.17) is 4.74 Å². The van der Waals surface area contributed by atoms with E-state index in [2.05, 4.69) is 42.0 Å². The number of para-hydroxylation sites is 1. The number of benzene rings is 1. The summed E-state index contributed by atoms with van der Waals surface area (Å²) < 4.78 is 5.55. The molecular weight excluding hydrogens is 314 g/mol. The lowest BCUT2D eigenvalue weighted by Crippen LogP contribution is -2.49. The summed E-state index contributed by atoms with van der Waals surface area (Å²) >= 11 is 0. The number of rotatable bonds is 3. The largest absolute Gasteiger partial charge is 0.496 e. The number of nitrogens with zero attached hydrogens (tertiary/aromatic N) is 2. The first kappa shape index (κ1) is 18.1. The number of carbonyl (C=O) groups excluding carboxylic acids is 1. The SMILES string of the molecule is COc1ccccc1C(NC(=O)N1CCN2CCC1CC2)C(C)(C)C. The van der Waals surface area contributed by atoms with Crippen molar-refractivity contribution in [3.8, 4) is 5.75 Å². The van der Waals surface area contributed by atoms with E-state index in [-0.39, 0.29) is 17.5 Å². The third kappa shape index (κ3) is 3.92. The van der Waals surface area contributed by atoms with Crippen molar-refractivity contribution in [3.05, 3.63) is 29.8 Å². The summed E-state index contributed by atoms with van der Waals surface area (Å²) in [7, 11) is 1.68. The fraction of sp³-hybridized carbons (Fsp3) is 0.650. The van der Waals surface area contributed by atoms with E-state index in [1.807, 2.05) is 18.2 Å². The van der Waals surface area contributed by atoms with Crippen LogP contribution in [0.1, 0.15) is 45.2 Å². The molecule has 3 saturated heterocycles. The van der Waals surface area contributed by atoms with Crippen LogP contribution in [0.25, 0.3) is 0 Å². The second kappa shape index (κ2) is 7.24. The number of ether oxygens (including phenoxy) is 1. The van der Waals surface area contributed by atoms with Gasteiger partial charge >= 0.3 is 6.03 Å². The summed E-state index contributed by atoms with van der Waals surface area (Å²) in [4.78, 5) is 17.6. The third-order valence-corrected chi connectivity index (χ3v) is 5.50. The highest BCUT2D eigenvalue weighted by atomic mass is 16.5. The van der Waals surface area contributed by atoms with Gasteiger partial charge in [0.2, 0.25) is 0 Å². The fourth-order valence-corrected chi connectivity index (χ4v) is 4.03. The van der Waals surface area contributed by atoms with E-state index in [0.29, 0.717) is 6.04 Å². The minimum absolute atomic E-state index is 0.0552. The summed E-state index contributed by atoms with van der Waals surface area (Å²) in [5.74, 6) is 0.825. The number of amides is 2. The smallest absolute Gasteiger partial charge is 0.318 e. The lowest BCUT2D eigenvalue weighted by Gasteiger charge is -2.37. The molecule has 0 radical (unpaired) electrons. The molecule has 0 spiro atoms. The predicted molar refractivity (Wildman–Crippen MR) is 99.9 cm³/mol. The molecule has 0 saturated carbocycles.